The Labute approximate surface area is 89.1 Å². The second kappa shape index (κ2) is 6.16. The van der Waals surface area contributed by atoms with Gasteiger partial charge in [0.15, 0.2) is 0 Å². The van der Waals surface area contributed by atoms with Crippen LogP contribution in [0.4, 0.5) is 0 Å². The van der Waals surface area contributed by atoms with Crippen LogP contribution in [0.25, 0.3) is 0 Å². The summed E-state index contributed by atoms with van der Waals surface area (Å²) in [5.74, 6) is -0.431. The Hall–Kier alpha value is -1.39. The summed E-state index contributed by atoms with van der Waals surface area (Å²) in [7, 11) is 0. The van der Waals surface area contributed by atoms with E-state index in [1.165, 1.54) is 0 Å². The van der Waals surface area contributed by atoms with Gasteiger partial charge in [-0.05, 0) is 12.0 Å². The van der Waals surface area contributed by atoms with Crippen molar-refractivity contribution in [1.82, 2.24) is 5.32 Å². The highest BCUT2D eigenvalue weighted by Crippen LogP contribution is 1.99. The van der Waals surface area contributed by atoms with Gasteiger partial charge in [0, 0.05) is 13.2 Å². The minimum absolute atomic E-state index is 0.0462. The summed E-state index contributed by atoms with van der Waals surface area (Å²) in [5.41, 5.74) is 6.26. The monoisotopic (exact) mass is 208 g/mol. The van der Waals surface area contributed by atoms with Crippen molar-refractivity contribution in [1.29, 1.82) is 0 Å². The minimum Gasteiger partial charge on any atom is -0.396 e. The van der Waals surface area contributed by atoms with E-state index in [-0.39, 0.29) is 6.61 Å². The third-order valence-corrected chi connectivity index (χ3v) is 2.16. The fourth-order valence-corrected chi connectivity index (χ4v) is 1.31. The van der Waals surface area contributed by atoms with Gasteiger partial charge < -0.3 is 16.2 Å². The number of nitrogens with two attached hydrogens (primary N) is 1. The molecule has 0 unspecified atom stereocenters. The van der Waals surface area contributed by atoms with Crippen molar-refractivity contribution >= 4 is 5.91 Å². The Bertz CT molecular complexity index is 301. The molecule has 0 aromatic heterocycles. The van der Waals surface area contributed by atoms with Crippen LogP contribution >= 0.6 is 0 Å². The molecule has 0 aliphatic rings. The Morgan fingerprint density at radius 3 is 2.60 bits per heavy atom. The summed E-state index contributed by atoms with van der Waals surface area (Å²) < 4.78 is 0. The highest BCUT2D eigenvalue weighted by atomic mass is 16.3. The standard InChI is InChI=1S/C11H16N2O2/c12-11(15)10(6-7-14)13-8-9-4-2-1-3-5-9/h1-5,10,13-14H,6-8H2,(H2,12,15)/t10-/m1/s1. The number of aliphatic hydroxyl groups excluding tert-OH is 1. The quantitative estimate of drug-likeness (QED) is 0.616. The first kappa shape index (κ1) is 11.7. The van der Waals surface area contributed by atoms with Crippen LogP contribution in [0.5, 0.6) is 0 Å². The number of carbonyl (C=O) groups is 1. The van der Waals surface area contributed by atoms with Crippen LogP contribution in [0.3, 0.4) is 0 Å². The van der Waals surface area contributed by atoms with Crippen LogP contribution in [0.15, 0.2) is 30.3 Å². The Kier molecular flexibility index (Phi) is 4.80. The average molecular weight is 208 g/mol. The van der Waals surface area contributed by atoms with Gasteiger partial charge in [0.2, 0.25) is 5.91 Å². The molecule has 0 saturated heterocycles. The molecule has 1 rings (SSSR count). The van der Waals surface area contributed by atoms with Gasteiger partial charge in [0.25, 0.3) is 0 Å². The molecule has 1 atom stereocenters. The zero-order chi connectivity index (χ0) is 11.1. The lowest BCUT2D eigenvalue weighted by Gasteiger charge is -2.13. The van der Waals surface area contributed by atoms with Crippen LogP contribution in [0, 0.1) is 0 Å². The van der Waals surface area contributed by atoms with Gasteiger partial charge in [-0.15, -0.1) is 0 Å². The van der Waals surface area contributed by atoms with E-state index < -0.39 is 11.9 Å². The first-order chi connectivity index (χ1) is 7.24. The molecule has 1 amide bonds. The summed E-state index contributed by atoms with van der Waals surface area (Å²) >= 11 is 0. The third kappa shape index (κ3) is 4.10. The molecule has 0 saturated carbocycles. The van der Waals surface area contributed by atoms with Crippen LogP contribution in [0.1, 0.15) is 12.0 Å². The fraction of sp³-hybridized carbons (Fsp3) is 0.364. The number of amides is 1. The normalized spacial score (nSPS) is 12.3. The van der Waals surface area contributed by atoms with Gasteiger partial charge in [0.1, 0.15) is 0 Å². The van der Waals surface area contributed by atoms with Gasteiger partial charge in [0.05, 0.1) is 6.04 Å². The average Bonchev–Trinajstić information content (AvgIpc) is 2.25. The molecular formula is C11H16N2O2. The van der Waals surface area contributed by atoms with Crippen LogP contribution < -0.4 is 11.1 Å². The molecule has 0 radical (unpaired) electrons. The summed E-state index contributed by atoms with van der Waals surface area (Å²) in [6.45, 7) is 0.532. The SMILES string of the molecule is NC(=O)[C@@H](CCO)NCc1ccccc1. The molecule has 4 nitrogen and oxygen atoms in total. The van der Waals surface area contributed by atoms with E-state index in [9.17, 15) is 4.79 Å². The maximum absolute atomic E-state index is 11.0. The maximum atomic E-state index is 11.0. The lowest BCUT2D eigenvalue weighted by molar-refractivity contribution is -0.120. The zero-order valence-electron chi connectivity index (χ0n) is 8.52. The van der Waals surface area contributed by atoms with Gasteiger partial charge in [-0.2, -0.15) is 0 Å². The molecule has 0 heterocycles. The Balaban J connectivity index is 2.43. The number of hydrogen-bond acceptors (Lipinski definition) is 3. The number of carbonyl (C=O) groups excluding carboxylic acids is 1. The molecule has 0 aliphatic heterocycles. The summed E-state index contributed by atoms with van der Waals surface area (Å²) in [4.78, 5) is 11.0. The second-order valence-corrected chi connectivity index (χ2v) is 3.33. The highest BCUT2D eigenvalue weighted by molar-refractivity contribution is 5.79. The number of aliphatic hydroxyl groups is 1. The lowest BCUT2D eigenvalue weighted by Crippen LogP contribution is -2.41. The predicted octanol–water partition coefficient (Wildman–Crippen LogP) is 0.0125. The van der Waals surface area contributed by atoms with Crippen LogP contribution in [-0.4, -0.2) is 23.7 Å². The van der Waals surface area contributed by atoms with Crippen molar-refractivity contribution in [2.24, 2.45) is 5.73 Å². The summed E-state index contributed by atoms with van der Waals surface area (Å²) in [6.07, 6.45) is 0.349. The van der Waals surface area contributed by atoms with Crippen LogP contribution in [0.2, 0.25) is 0 Å². The van der Waals surface area contributed by atoms with Crippen LogP contribution in [-0.2, 0) is 11.3 Å². The van der Waals surface area contributed by atoms with Gasteiger partial charge in [-0.1, -0.05) is 30.3 Å². The molecule has 4 heteroatoms. The van der Waals surface area contributed by atoms with Crippen molar-refractivity contribution in [3.05, 3.63) is 35.9 Å². The zero-order valence-corrected chi connectivity index (χ0v) is 8.52. The number of nitrogens with one attached hydrogen (secondary N) is 1. The Morgan fingerprint density at radius 2 is 2.07 bits per heavy atom. The molecule has 1 aromatic rings. The van der Waals surface area contributed by atoms with Gasteiger partial charge in [-0.3, -0.25) is 4.79 Å². The van der Waals surface area contributed by atoms with Gasteiger partial charge in [-0.25, -0.2) is 0 Å². The van der Waals surface area contributed by atoms with E-state index in [0.717, 1.165) is 5.56 Å². The molecule has 0 spiro atoms. The first-order valence-corrected chi connectivity index (χ1v) is 4.91. The van der Waals surface area contributed by atoms with E-state index in [0.29, 0.717) is 13.0 Å². The molecule has 0 fully saturated rings. The van der Waals surface area contributed by atoms with E-state index in [4.69, 9.17) is 10.8 Å². The first-order valence-electron chi connectivity index (χ1n) is 4.91. The van der Waals surface area contributed by atoms with Crippen molar-refractivity contribution < 1.29 is 9.90 Å². The van der Waals surface area contributed by atoms with Crippen molar-refractivity contribution in [2.45, 2.75) is 19.0 Å². The van der Waals surface area contributed by atoms with E-state index in [1.807, 2.05) is 30.3 Å². The van der Waals surface area contributed by atoms with Crippen molar-refractivity contribution in [3.63, 3.8) is 0 Å². The lowest BCUT2D eigenvalue weighted by atomic mass is 10.1. The second-order valence-electron chi connectivity index (χ2n) is 3.33. The summed E-state index contributed by atoms with van der Waals surface area (Å²) in [5, 5.41) is 11.7. The molecule has 4 N–H and O–H groups in total. The number of benzene rings is 1. The van der Waals surface area contributed by atoms with E-state index in [1.54, 1.807) is 0 Å². The largest absolute Gasteiger partial charge is 0.396 e. The number of primary amides is 1. The van der Waals surface area contributed by atoms with Crippen molar-refractivity contribution in [2.75, 3.05) is 6.61 Å². The smallest absolute Gasteiger partial charge is 0.234 e. The predicted molar refractivity (Wildman–Crippen MR) is 58.0 cm³/mol. The van der Waals surface area contributed by atoms with E-state index >= 15 is 0 Å². The maximum Gasteiger partial charge on any atom is 0.234 e. The highest BCUT2D eigenvalue weighted by Gasteiger charge is 2.13. The van der Waals surface area contributed by atoms with Gasteiger partial charge >= 0.3 is 0 Å². The summed E-state index contributed by atoms with van der Waals surface area (Å²) in [6, 6.07) is 9.26. The van der Waals surface area contributed by atoms with E-state index in [2.05, 4.69) is 5.32 Å². The number of rotatable bonds is 6. The fourth-order valence-electron chi connectivity index (χ4n) is 1.31. The topological polar surface area (TPSA) is 75.4 Å². The molecular weight excluding hydrogens is 192 g/mol. The minimum atomic E-state index is -0.463. The molecule has 0 aliphatic carbocycles. The Morgan fingerprint density at radius 1 is 1.40 bits per heavy atom. The van der Waals surface area contributed by atoms with Crippen molar-refractivity contribution in [3.8, 4) is 0 Å². The molecule has 82 valence electrons. The molecule has 1 aromatic carbocycles. The number of hydrogen-bond donors (Lipinski definition) is 3. The third-order valence-electron chi connectivity index (χ3n) is 2.16. The molecule has 0 bridgehead atoms. The molecule has 15 heavy (non-hydrogen) atoms.